The lowest BCUT2D eigenvalue weighted by molar-refractivity contribution is 0.416. The highest BCUT2D eigenvalue weighted by Gasteiger charge is 2.24. The van der Waals surface area contributed by atoms with E-state index in [0.29, 0.717) is 4.90 Å². The second kappa shape index (κ2) is 5.90. The highest BCUT2D eigenvalue weighted by atomic mass is 79.9. The van der Waals surface area contributed by atoms with Gasteiger partial charge >= 0.3 is 0 Å². The summed E-state index contributed by atoms with van der Waals surface area (Å²) in [4.78, 5) is 0.304. The van der Waals surface area contributed by atoms with Crippen molar-refractivity contribution in [2.75, 3.05) is 0 Å². The topological polar surface area (TPSA) is 46.2 Å². The molecule has 0 bridgehead atoms. The lowest BCUT2D eigenvalue weighted by Crippen LogP contribution is -2.37. The molecular weight excluding hydrogens is 338 g/mol. The maximum absolute atomic E-state index is 12.1. The summed E-state index contributed by atoms with van der Waals surface area (Å²) in [5.74, 6) is 0. The first kappa shape index (κ1) is 14.3. The predicted molar refractivity (Wildman–Crippen MR) is 76.4 cm³/mol. The Hall–Kier alpha value is -0.100. The third-order valence-corrected chi connectivity index (χ3v) is 5.60. The molecule has 0 radical (unpaired) electrons. The summed E-state index contributed by atoms with van der Waals surface area (Å²) < 4.78 is 27.9. The van der Waals surface area contributed by atoms with Gasteiger partial charge < -0.3 is 0 Å². The number of benzene rings is 1. The Morgan fingerprint density at radius 3 is 2.22 bits per heavy atom. The number of nitrogens with one attached hydrogen (secondary N) is 1. The summed E-state index contributed by atoms with van der Waals surface area (Å²) in [6, 6.07) is 6.65. The van der Waals surface area contributed by atoms with E-state index in [9.17, 15) is 8.42 Å². The van der Waals surface area contributed by atoms with Gasteiger partial charge in [0.1, 0.15) is 0 Å². The summed E-state index contributed by atoms with van der Waals surface area (Å²) in [6.45, 7) is 0. The molecule has 100 valence electrons. The summed E-state index contributed by atoms with van der Waals surface area (Å²) in [6.07, 6.45) is 3.36. The Morgan fingerprint density at radius 2 is 1.67 bits per heavy atom. The van der Waals surface area contributed by atoms with Crippen LogP contribution in [0.15, 0.2) is 33.6 Å². The molecular formula is C12H15BrClNO2S. The van der Waals surface area contributed by atoms with Gasteiger partial charge in [0.15, 0.2) is 0 Å². The van der Waals surface area contributed by atoms with E-state index in [1.165, 1.54) is 0 Å². The first-order valence-electron chi connectivity index (χ1n) is 5.89. The highest BCUT2D eigenvalue weighted by molar-refractivity contribution is 9.10. The van der Waals surface area contributed by atoms with Gasteiger partial charge in [-0.15, -0.1) is 11.6 Å². The Balaban J connectivity index is 2.05. The molecule has 1 aromatic rings. The zero-order chi connectivity index (χ0) is 13.2. The van der Waals surface area contributed by atoms with Gasteiger partial charge in [-0.3, -0.25) is 0 Å². The molecule has 1 saturated carbocycles. The molecule has 18 heavy (non-hydrogen) atoms. The summed E-state index contributed by atoms with van der Waals surface area (Å²) >= 11 is 9.29. The van der Waals surface area contributed by atoms with Gasteiger partial charge in [0, 0.05) is 15.9 Å². The van der Waals surface area contributed by atoms with Crippen molar-refractivity contribution in [3.05, 3.63) is 28.7 Å². The molecule has 6 heteroatoms. The van der Waals surface area contributed by atoms with Crippen LogP contribution < -0.4 is 4.72 Å². The van der Waals surface area contributed by atoms with Crippen LogP contribution in [0.3, 0.4) is 0 Å². The predicted octanol–water partition coefficient (Wildman–Crippen LogP) is 3.28. The molecule has 0 aromatic heterocycles. The van der Waals surface area contributed by atoms with Crippen molar-refractivity contribution in [2.24, 2.45) is 0 Å². The van der Waals surface area contributed by atoms with Crippen LogP contribution in [-0.4, -0.2) is 19.8 Å². The van der Waals surface area contributed by atoms with Gasteiger partial charge in [0.2, 0.25) is 10.0 Å². The van der Waals surface area contributed by atoms with Crippen LogP contribution in [0.5, 0.6) is 0 Å². The number of hydrogen-bond acceptors (Lipinski definition) is 2. The molecule has 1 fully saturated rings. The molecule has 0 saturated heterocycles. The third kappa shape index (κ3) is 3.70. The zero-order valence-corrected chi connectivity index (χ0v) is 12.9. The number of sulfonamides is 1. The summed E-state index contributed by atoms with van der Waals surface area (Å²) in [5.41, 5.74) is 0. The van der Waals surface area contributed by atoms with Gasteiger partial charge in [0.25, 0.3) is 0 Å². The van der Waals surface area contributed by atoms with E-state index < -0.39 is 10.0 Å². The van der Waals surface area contributed by atoms with Gasteiger partial charge in [-0.05, 0) is 49.9 Å². The quantitative estimate of drug-likeness (QED) is 0.849. The number of rotatable bonds is 3. The van der Waals surface area contributed by atoms with Crippen molar-refractivity contribution >= 4 is 37.6 Å². The molecule has 1 aromatic carbocycles. The SMILES string of the molecule is O=S(=O)(NC1CCC(Cl)CC1)c1ccc(Br)cc1. The third-order valence-electron chi connectivity index (χ3n) is 3.10. The monoisotopic (exact) mass is 351 g/mol. The molecule has 1 aliphatic carbocycles. The fraction of sp³-hybridized carbons (Fsp3) is 0.500. The van der Waals surface area contributed by atoms with E-state index in [2.05, 4.69) is 20.7 Å². The minimum Gasteiger partial charge on any atom is -0.208 e. The standard InChI is InChI=1S/C12H15BrClNO2S/c13-9-1-7-12(8-2-9)18(16,17)15-11-5-3-10(14)4-6-11/h1-2,7-8,10-11,15H,3-6H2. The smallest absolute Gasteiger partial charge is 0.208 e. The Morgan fingerprint density at radius 1 is 1.11 bits per heavy atom. The zero-order valence-electron chi connectivity index (χ0n) is 9.77. The molecule has 0 amide bonds. The van der Waals surface area contributed by atoms with Crippen LogP contribution in [0, 0.1) is 0 Å². The molecule has 0 spiro atoms. The van der Waals surface area contributed by atoms with Crippen molar-refractivity contribution in [1.29, 1.82) is 0 Å². The maximum atomic E-state index is 12.1. The molecule has 0 aliphatic heterocycles. The number of hydrogen-bond donors (Lipinski definition) is 1. The summed E-state index contributed by atoms with van der Waals surface area (Å²) in [5, 5.41) is 0.193. The van der Waals surface area contributed by atoms with E-state index in [1.54, 1.807) is 24.3 Å². The van der Waals surface area contributed by atoms with Gasteiger partial charge in [-0.25, -0.2) is 13.1 Å². The molecule has 1 aliphatic rings. The van der Waals surface area contributed by atoms with Crippen molar-refractivity contribution in [3.63, 3.8) is 0 Å². The minimum absolute atomic E-state index is 0.00801. The van der Waals surface area contributed by atoms with E-state index in [-0.39, 0.29) is 11.4 Å². The first-order valence-corrected chi connectivity index (χ1v) is 8.60. The maximum Gasteiger partial charge on any atom is 0.240 e. The fourth-order valence-corrected chi connectivity index (χ4v) is 3.89. The molecule has 0 atom stereocenters. The van der Waals surface area contributed by atoms with Crippen molar-refractivity contribution in [3.8, 4) is 0 Å². The van der Waals surface area contributed by atoms with Gasteiger partial charge in [0.05, 0.1) is 4.90 Å². The number of alkyl halides is 1. The second-order valence-corrected chi connectivity index (χ2v) is 7.77. The van der Waals surface area contributed by atoms with Gasteiger partial charge in [-0.1, -0.05) is 15.9 Å². The van der Waals surface area contributed by atoms with Crippen LogP contribution >= 0.6 is 27.5 Å². The van der Waals surface area contributed by atoms with Crippen molar-refractivity contribution in [2.45, 2.75) is 42.0 Å². The molecule has 0 heterocycles. The van der Waals surface area contributed by atoms with Crippen LogP contribution in [0.25, 0.3) is 0 Å². The van der Waals surface area contributed by atoms with E-state index in [0.717, 1.165) is 30.2 Å². The van der Waals surface area contributed by atoms with E-state index in [4.69, 9.17) is 11.6 Å². The fourth-order valence-electron chi connectivity index (χ4n) is 2.07. The van der Waals surface area contributed by atoms with Crippen molar-refractivity contribution in [1.82, 2.24) is 4.72 Å². The first-order chi connectivity index (χ1) is 8.47. The lowest BCUT2D eigenvalue weighted by Gasteiger charge is -2.25. The lowest BCUT2D eigenvalue weighted by atomic mass is 9.96. The average molecular weight is 353 g/mol. The van der Waals surface area contributed by atoms with E-state index >= 15 is 0 Å². The van der Waals surface area contributed by atoms with Crippen LogP contribution in [-0.2, 0) is 10.0 Å². The highest BCUT2D eigenvalue weighted by Crippen LogP contribution is 2.24. The molecule has 0 unspecified atom stereocenters. The minimum atomic E-state index is -3.41. The van der Waals surface area contributed by atoms with Crippen LogP contribution in [0.4, 0.5) is 0 Å². The summed E-state index contributed by atoms with van der Waals surface area (Å²) in [7, 11) is -3.41. The molecule has 1 N–H and O–H groups in total. The Kier molecular flexibility index (Phi) is 4.69. The Labute approximate surface area is 121 Å². The largest absolute Gasteiger partial charge is 0.240 e. The van der Waals surface area contributed by atoms with Gasteiger partial charge in [-0.2, -0.15) is 0 Å². The number of halogens is 2. The molecule has 2 rings (SSSR count). The second-order valence-electron chi connectivity index (χ2n) is 4.52. The van der Waals surface area contributed by atoms with Crippen LogP contribution in [0.1, 0.15) is 25.7 Å². The molecule has 3 nitrogen and oxygen atoms in total. The van der Waals surface area contributed by atoms with Crippen molar-refractivity contribution < 1.29 is 8.42 Å². The Bertz CT molecular complexity index is 495. The normalized spacial score (nSPS) is 25.0. The average Bonchev–Trinajstić information content (AvgIpc) is 2.32. The van der Waals surface area contributed by atoms with Crippen LogP contribution in [0.2, 0.25) is 0 Å². The van der Waals surface area contributed by atoms with E-state index in [1.807, 2.05) is 0 Å².